The highest BCUT2D eigenvalue weighted by atomic mass is 16.6. The van der Waals surface area contributed by atoms with Crippen molar-refractivity contribution in [3.8, 4) is 5.75 Å². The zero-order chi connectivity index (χ0) is 24.1. The predicted molar refractivity (Wildman–Crippen MR) is 116 cm³/mol. The SMILES string of the molecule is COc1ccc(C(=O)C(OC(=O)c2cc([N+](=O)[O-])cc([N+](=O)[O-])c2C)c2ccccc2)cc1. The Morgan fingerprint density at radius 2 is 1.55 bits per heavy atom. The fourth-order valence-corrected chi connectivity index (χ4v) is 3.17. The van der Waals surface area contributed by atoms with Gasteiger partial charge < -0.3 is 9.47 Å². The van der Waals surface area contributed by atoms with Crippen molar-refractivity contribution in [3.63, 3.8) is 0 Å². The third kappa shape index (κ3) is 5.01. The largest absolute Gasteiger partial charge is 0.497 e. The molecule has 10 nitrogen and oxygen atoms in total. The first-order valence-corrected chi connectivity index (χ1v) is 9.60. The average Bonchev–Trinajstić information content (AvgIpc) is 2.82. The van der Waals surface area contributed by atoms with Crippen LogP contribution in [0.25, 0.3) is 0 Å². The Bertz CT molecular complexity index is 1220. The van der Waals surface area contributed by atoms with E-state index in [0.29, 0.717) is 11.3 Å². The number of non-ortho nitro benzene ring substituents is 1. The number of carbonyl (C=O) groups excluding carboxylic acids is 2. The van der Waals surface area contributed by atoms with E-state index in [-0.39, 0.29) is 16.7 Å². The molecule has 168 valence electrons. The molecule has 1 atom stereocenters. The van der Waals surface area contributed by atoms with Crippen molar-refractivity contribution in [2.45, 2.75) is 13.0 Å². The van der Waals surface area contributed by atoms with Crippen molar-refractivity contribution in [3.05, 3.63) is 109 Å². The maximum Gasteiger partial charge on any atom is 0.339 e. The molecule has 0 saturated heterocycles. The average molecular weight is 450 g/mol. The molecule has 0 saturated carbocycles. The summed E-state index contributed by atoms with van der Waals surface area (Å²) in [5, 5.41) is 22.5. The van der Waals surface area contributed by atoms with Crippen LogP contribution in [0, 0.1) is 27.2 Å². The predicted octanol–water partition coefficient (Wildman–Crippen LogP) is 4.60. The molecule has 1 unspecified atom stereocenters. The molecule has 0 aliphatic heterocycles. The second kappa shape index (κ2) is 9.69. The number of hydrogen-bond donors (Lipinski definition) is 0. The maximum absolute atomic E-state index is 13.2. The van der Waals surface area contributed by atoms with Crippen LogP contribution in [0.2, 0.25) is 0 Å². The van der Waals surface area contributed by atoms with Crippen LogP contribution in [0.5, 0.6) is 5.75 Å². The molecule has 0 fully saturated rings. The van der Waals surface area contributed by atoms with Crippen molar-refractivity contribution >= 4 is 23.1 Å². The molecule has 0 spiro atoms. The molecule has 0 aliphatic carbocycles. The van der Waals surface area contributed by atoms with Crippen LogP contribution in [0.3, 0.4) is 0 Å². The van der Waals surface area contributed by atoms with Gasteiger partial charge in [-0.3, -0.25) is 25.0 Å². The molecule has 33 heavy (non-hydrogen) atoms. The number of nitro benzene ring substituents is 2. The summed E-state index contributed by atoms with van der Waals surface area (Å²) in [5.74, 6) is -1.12. The molecular weight excluding hydrogens is 432 g/mol. The van der Waals surface area contributed by atoms with Crippen LogP contribution in [-0.4, -0.2) is 28.7 Å². The third-order valence-corrected chi connectivity index (χ3v) is 4.93. The van der Waals surface area contributed by atoms with Crippen LogP contribution in [-0.2, 0) is 4.74 Å². The Balaban J connectivity index is 2.03. The van der Waals surface area contributed by atoms with Gasteiger partial charge in [-0.05, 0) is 31.2 Å². The van der Waals surface area contributed by atoms with Gasteiger partial charge in [-0.25, -0.2) is 4.79 Å². The van der Waals surface area contributed by atoms with Crippen LogP contribution >= 0.6 is 0 Å². The number of carbonyl (C=O) groups is 2. The third-order valence-electron chi connectivity index (χ3n) is 4.93. The van der Waals surface area contributed by atoms with Crippen molar-refractivity contribution in [1.82, 2.24) is 0 Å². The Morgan fingerprint density at radius 1 is 0.909 bits per heavy atom. The van der Waals surface area contributed by atoms with Gasteiger partial charge in [0.1, 0.15) is 5.75 Å². The van der Waals surface area contributed by atoms with Crippen molar-refractivity contribution in [2.24, 2.45) is 0 Å². The highest BCUT2D eigenvalue weighted by molar-refractivity contribution is 6.02. The van der Waals surface area contributed by atoms with Gasteiger partial charge in [0, 0.05) is 22.8 Å². The first-order valence-electron chi connectivity index (χ1n) is 9.60. The van der Waals surface area contributed by atoms with Crippen molar-refractivity contribution in [1.29, 1.82) is 0 Å². The molecule has 0 aromatic heterocycles. The quantitative estimate of drug-likeness (QED) is 0.210. The van der Waals surface area contributed by atoms with E-state index >= 15 is 0 Å². The number of ether oxygens (including phenoxy) is 2. The molecule has 3 aromatic rings. The van der Waals surface area contributed by atoms with E-state index in [9.17, 15) is 29.8 Å². The first kappa shape index (κ1) is 23.1. The van der Waals surface area contributed by atoms with E-state index in [1.165, 1.54) is 26.2 Å². The van der Waals surface area contributed by atoms with Gasteiger partial charge in [0.15, 0.2) is 6.10 Å². The summed E-state index contributed by atoms with van der Waals surface area (Å²) in [6.45, 7) is 1.28. The molecular formula is C23H18N2O8. The highest BCUT2D eigenvalue weighted by Gasteiger charge is 2.30. The Labute approximate surface area is 187 Å². The lowest BCUT2D eigenvalue weighted by Gasteiger charge is -2.18. The smallest absolute Gasteiger partial charge is 0.339 e. The summed E-state index contributed by atoms with van der Waals surface area (Å²) in [6, 6.07) is 16.0. The molecule has 10 heteroatoms. The van der Waals surface area contributed by atoms with E-state index in [1.807, 2.05) is 0 Å². The van der Waals surface area contributed by atoms with E-state index in [1.54, 1.807) is 42.5 Å². The minimum Gasteiger partial charge on any atom is -0.497 e. The molecule has 0 amide bonds. The minimum absolute atomic E-state index is 0.112. The zero-order valence-electron chi connectivity index (χ0n) is 17.6. The molecule has 0 radical (unpaired) electrons. The van der Waals surface area contributed by atoms with Gasteiger partial charge in [-0.1, -0.05) is 30.3 Å². The number of esters is 1. The summed E-state index contributed by atoms with van der Waals surface area (Å²) in [6.07, 6.45) is -1.38. The van der Waals surface area contributed by atoms with Crippen LogP contribution < -0.4 is 4.74 Å². The number of ketones is 1. The second-order valence-corrected chi connectivity index (χ2v) is 6.94. The lowest BCUT2D eigenvalue weighted by Crippen LogP contribution is -2.21. The highest BCUT2D eigenvalue weighted by Crippen LogP contribution is 2.31. The standard InChI is InChI=1S/C23H18N2O8/c1-14-19(12-17(24(28)29)13-20(14)25(30)31)23(27)33-22(16-6-4-3-5-7-16)21(26)15-8-10-18(32-2)11-9-15/h3-13,22H,1-2H3. The van der Waals surface area contributed by atoms with Gasteiger partial charge in [0.2, 0.25) is 5.78 Å². The van der Waals surface area contributed by atoms with Crippen LogP contribution in [0.1, 0.15) is 37.9 Å². The molecule has 0 N–H and O–H groups in total. The molecule has 0 aliphatic rings. The summed E-state index contributed by atoms with van der Waals surface area (Å²) in [5.41, 5.74) is -1.13. The fraction of sp³-hybridized carbons (Fsp3) is 0.130. The lowest BCUT2D eigenvalue weighted by molar-refractivity contribution is -0.394. The van der Waals surface area contributed by atoms with Gasteiger partial charge in [-0.15, -0.1) is 0 Å². The van der Waals surface area contributed by atoms with Crippen LogP contribution in [0.15, 0.2) is 66.7 Å². The lowest BCUT2D eigenvalue weighted by atomic mass is 9.99. The summed E-state index contributed by atoms with van der Waals surface area (Å²) >= 11 is 0. The number of Topliss-reactive ketones (excluding diaryl/α,β-unsaturated/α-hetero) is 1. The summed E-state index contributed by atoms with van der Waals surface area (Å²) in [4.78, 5) is 47.1. The number of benzene rings is 3. The Morgan fingerprint density at radius 3 is 2.09 bits per heavy atom. The molecule has 0 heterocycles. The number of nitro groups is 2. The molecule has 3 rings (SSSR count). The second-order valence-electron chi connectivity index (χ2n) is 6.94. The van der Waals surface area contributed by atoms with Gasteiger partial charge in [0.25, 0.3) is 11.4 Å². The van der Waals surface area contributed by atoms with Gasteiger partial charge in [-0.2, -0.15) is 0 Å². The van der Waals surface area contributed by atoms with E-state index in [0.717, 1.165) is 12.1 Å². The van der Waals surface area contributed by atoms with E-state index in [2.05, 4.69) is 0 Å². The first-order chi connectivity index (χ1) is 15.7. The van der Waals surface area contributed by atoms with E-state index < -0.39 is 39.1 Å². The zero-order valence-corrected chi connectivity index (χ0v) is 17.6. The van der Waals surface area contributed by atoms with Gasteiger partial charge >= 0.3 is 5.97 Å². The monoisotopic (exact) mass is 450 g/mol. The number of nitrogens with zero attached hydrogens (tertiary/aromatic N) is 2. The summed E-state index contributed by atoms with van der Waals surface area (Å²) < 4.78 is 10.6. The summed E-state index contributed by atoms with van der Waals surface area (Å²) in [7, 11) is 1.48. The van der Waals surface area contributed by atoms with Crippen molar-refractivity contribution < 1.29 is 28.9 Å². The fourth-order valence-electron chi connectivity index (χ4n) is 3.17. The number of rotatable bonds is 8. The Kier molecular flexibility index (Phi) is 6.77. The van der Waals surface area contributed by atoms with Crippen molar-refractivity contribution in [2.75, 3.05) is 7.11 Å². The van der Waals surface area contributed by atoms with Gasteiger partial charge in [0.05, 0.1) is 28.6 Å². The number of hydrogen-bond acceptors (Lipinski definition) is 8. The normalized spacial score (nSPS) is 11.3. The molecule has 3 aromatic carbocycles. The molecule has 0 bridgehead atoms. The maximum atomic E-state index is 13.2. The Hall–Kier alpha value is -4.60. The minimum atomic E-state index is -1.38. The number of methoxy groups -OCH3 is 1. The topological polar surface area (TPSA) is 139 Å². The van der Waals surface area contributed by atoms with E-state index in [4.69, 9.17) is 9.47 Å². The van der Waals surface area contributed by atoms with Crippen LogP contribution in [0.4, 0.5) is 11.4 Å².